The zero-order valence-electron chi connectivity index (χ0n) is 15.7. The molecule has 1 atom stereocenters. The molecule has 2 aromatic heterocycles. The van der Waals surface area contributed by atoms with E-state index in [0.717, 1.165) is 23.3 Å². The van der Waals surface area contributed by atoms with Crippen molar-refractivity contribution >= 4 is 27.3 Å². The van der Waals surface area contributed by atoms with Crippen molar-refractivity contribution in [1.29, 1.82) is 0 Å². The van der Waals surface area contributed by atoms with E-state index in [1.807, 2.05) is 34.5 Å². The van der Waals surface area contributed by atoms with Crippen LogP contribution >= 0.6 is 11.3 Å². The second kappa shape index (κ2) is 8.44. The van der Waals surface area contributed by atoms with Crippen LogP contribution in [0.5, 0.6) is 0 Å². The lowest BCUT2D eigenvalue weighted by Crippen LogP contribution is -2.31. The number of nitrogens with zero attached hydrogens (tertiary/aromatic N) is 2. The average Bonchev–Trinajstić information content (AvgIpc) is 3.44. The maximum atomic E-state index is 13.1. The number of carbonyl (C=O) groups is 1. The summed E-state index contributed by atoms with van der Waals surface area (Å²) in [7, 11) is -3.71. The Balaban J connectivity index is 1.54. The van der Waals surface area contributed by atoms with Crippen LogP contribution in [0.25, 0.3) is 0 Å². The van der Waals surface area contributed by atoms with E-state index in [-0.39, 0.29) is 23.4 Å². The van der Waals surface area contributed by atoms with Crippen LogP contribution in [0.15, 0.2) is 71.2 Å². The molecule has 1 fully saturated rings. The summed E-state index contributed by atoms with van der Waals surface area (Å²) in [4.78, 5) is 20.1. The lowest BCUT2D eigenvalue weighted by atomic mass is 10.1. The van der Waals surface area contributed by atoms with E-state index in [1.54, 1.807) is 24.5 Å². The quantitative estimate of drug-likeness (QED) is 0.652. The summed E-state index contributed by atoms with van der Waals surface area (Å²) in [5, 5.41) is 1.90. The van der Waals surface area contributed by atoms with Gasteiger partial charge in [0.2, 0.25) is 10.0 Å². The first-order chi connectivity index (χ1) is 14.0. The molecular formula is C21H21N3O3S2. The number of pyridine rings is 1. The van der Waals surface area contributed by atoms with Crippen molar-refractivity contribution < 1.29 is 13.2 Å². The van der Waals surface area contributed by atoms with Crippen molar-refractivity contribution in [2.75, 3.05) is 6.54 Å². The summed E-state index contributed by atoms with van der Waals surface area (Å²) in [6.45, 7) is 0.874. The molecule has 8 heteroatoms. The van der Waals surface area contributed by atoms with Crippen LogP contribution in [-0.4, -0.2) is 30.8 Å². The zero-order valence-corrected chi connectivity index (χ0v) is 17.3. The van der Waals surface area contributed by atoms with Gasteiger partial charge in [0.05, 0.1) is 10.9 Å². The number of rotatable bonds is 6. The highest BCUT2D eigenvalue weighted by Crippen LogP contribution is 2.32. The molecule has 0 bridgehead atoms. The lowest BCUT2D eigenvalue weighted by molar-refractivity contribution is 0.0735. The van der Waals surface area contributed by atoms with Crippen LogP contribution in [0, 0.1) is 0 Å². The van der Waals surface area contributed by atoms with Gasteiger partial charge in [-0.3, -0.25) is 9.78 Å². The van der Waals surface area contributed by atoms with Gasteiger partial charge in [-0.15, -0.1) is 11.3 Å². The summed E-state index contributed by atoms with van der Waals surface area (Å²) in [6.07, 6.45) is 5.28. The minimum absolute atomic E-state index is 0.0339. The number of hydrogen-bond acceptors (Lipinski definition) is 5. The Kier molecular flexibility index (Phi) is 5.75. The lowest BCUT2D eigenvalue weighted by Gasteiger charge is -2.25. The molecule has 4 rings (SSSR count). The Morgan fingerprint density at radius 3 is 2.86 bits per heavy atom. The van der Waals surface area contributed by atoms with Crippen LogP contribution in [0.1, 0.15) is 39.7 Å². The van der Waals surface area contributed by atoms with Crippen LogP contribution in [-0.2, 0) is 16.6 Å². The van der Waals surface area contributed by atoms with Gasteiger partial charge in [0.25, 0.3) is 5.91 Å². The number of aromatic nitrogens is 1. The van der Waals surface area contributed by atoms with Gasteiger partial charge in [-0.05, 0) is 54.1 Å². The molecule has 1 aliphatic heterocycles. The third-order valence-electron chi connectivity index (χ3n) is 4.99. The van der Waals surface area contributed by atoms with E-state index >= 15 is 0 Å². The Morgan fingerprint density at radius 1 is 1.21 bits per heavy atom. The molecule has 0 spiro atoms. The largest absolute Gasteiger partial charge is 0.332 e. The predicted molar refractivity (Wildman–Crippen MR) is 112 cm³/mol. The van der Waals surface area contributed by atoms with Gasteiger partial charge in [-0.25, -0.2) is 13.1 Å². The summed E-state index contributed by atoms with van der Waals surface area (Å²) >= 11 is 1.49. The van der Waals surface area contributed by atoms with Crippen LogP contribution in [0.2, 0.25) is 0 Å². The second-order valence-electron chi connectivity index (χ2n) is 6.87. The van der Waals surface area contributed by atoms with Gasteiger partial charge in [0.1, 0.15) is 0 Å². The number of thiophene rings is 1. The van der Waals surface area contributed by atoms with Crippen LogP contribution in [0.3, 0.4) is 0 Å². The van der Waals surface area contributed by atoms with E-state index in [9.17, 15) is 13.2 Å². The maximum absolute atomic E-state index is 13.1. The van der Waals surface area contributed by atoms with Gasteiger partial charge in [-0.1, -0.05) is 18.2 Å². The number of hydrogen-bond donors (Lipinski definition) is 1. The molecule has 150 valence electrons. The first-order valence-electron chi connectivity index (χ1n) is 9.37. The summed E-state index contributed by atoms with van der Waals surface area (Å²) in [5.74, 6) is -0.161. The number of carbonyl (C=O) groups excluding carboxylic acids is 1. The highest BCUT2D eigenvalue weighted by molar-refractivity contribution is 7.89. The molecule has 1 aromatic carbocycles. The molecule has 3 aromatic rings. The molecule has 0 saturated carbocycles. The minimum Gasteiger partial charge on any atom is -0.332 e. The molecule has 1 N–H and O–H groups in total. The van der Waals surface area contributed by atoms with E-state index < -0.39 is 10.0 Å². The van der Waals surface area contributed by atoms with E-state index in [4.69, 9.17) is 0 Å². The fourth-order valence-electron chi connectivity index (χ4n) is 3.55. The Hall–Kier alpha value is -2.55. The van der Waals surface area contributed by atoms with Gasteiger partial charge in [-0.2, -0.15) is 0 Å². The summed E-state index contributed by atoms with van der Waals surface area (Å²) in [5.41, 5.74) is 1.37. The summed E-state index contributed by atoms with van der Waals surface area (Å²) < 4.78 is 27.9. The van der Waals surface area contributed by atoms with E-state index in [1.165, 1.54) is 23.5 Å². The Bertz CT molecular complexity index is 1080. The standard InChI is InChI=1S/C21H21N3O3S2/c25-21(24-11-3-9-20(24)17-6-2-10-22-14-17)16-5-1-8-19(13-16)29(26,27)23-15-18-7-4-12-28-18/h1-2,4-8,10,12-14,20,23H,3,9,11,15H2. The fourth-order valence-corrected chi connectivity index (χ4v) is 5.34. The Morgan fingerprint density at radius 2 is 2.10 bits per heavy atom. The molecule has 0 radical (unpaired) electrons. The van der Waals surface area contributed by atoms with E-state index in [0.29, 0.717) is 12.1 Å². The van der Waals surface area contributed by atoms with Crippen molar-refractivity contribution in [3.63, 3.8) is 0 Å². The fraction of sp³-hybridized carbons (Fsp3) is 0.238. The number of sulfonamides is 1. The van der Waals surface area contributed by atoms with Crippen molar-refractivity contribution in [3.8, 4) is 0 Å². The number of benzene rings is 1. The summed E-state index contributed by atoms with van der Waals surface area (Å²) in [6, 6.07) is 13.8. The predicted octanol–water partition coefficient (Wildman–Crippen LogP) is 3.60. The molecule has 0 aliphatic carbocycles. The number of likely N-dealkylation sites (tertiary alicyclic amines) is 1. The van der Waals surface area contributed by atoms with Crippen LogP contribution in [0.4, 0.5) is 0 Å². The van der Waals surface area contributed by atoms with Crippen molar-refractivity contribution in [2.24, 2.45) is 0 Å². The highest BCUT2D eigenvalue weighted by atomic mass is 32.2. The topological polar surface area (TPSA) is 79.4 Å². The van der Waals surface area contributed by atoms with Crippen LogP contribution < -0.4 is 4.72 Å². The molecule has 6 nitrogen and oxygen atoms in total. The molecule has 1 saturated heterocycles. The smallest absolute Gasteiger partial charge is 0.254 e. The van der Waals surface area contributed by atoms with Gasteiger partial charge in [0.15, 0.2) is 0 Å². The van der Waals surface area contributed by atoms with Gasteiger partial charge >= 0.3 is 0 Å². The third-order valence-corrected chi connectivity index (χ3v) is 7.27. The monoisotopic (exact) mass is 427 g/mol. The second-order valence-corrected chi connectivity index (χ2v) is 9.67. The highest BCUT2D eigenvalue weighted by Gasteiger charge is 2.31. The minimum atomic E-state index is -3.71. The maximum Gasteiger partial charge on any atom is 0.254 e. The zero-order chi connectivity index (χ0) is 20.3. The molecule has 1 aliphatic rings. The Labute approximate surface area is 174 Å². The molecule has 1 amide bonds. The molecular weight excluding hydrogens is 406 g/mol. The molecule has 3 heterocycles. The first kappa shape index (κ1) is 19.8. The van der Waals surface area contributed by atoms with Gasteiger partial charge in [0, 0.05) is 35.9 Å². The van der Waals surface area contributed by atoms with E-state index in [2.05, 4.69) is 9.71 Å². The average molecular weight is 428 g/mol. The number of nitrogens with one attached hydrogen (secondary N) is 1. The van der Waals surface area contributed by atoms with Crippen molar-refractivity contribution in [3.05, 3.63) is 82.3 Å². The SMILES string of the molecule is O=C(c1cccc(S(=O)(=O)NCc2cccs2)c1)N1CCCC1c1cccnc1. The number of amides is 1. The first-order valence-corrected chi connectivity index (χ1v) is 11.7. The molecule has 1 unspecified atom stereocenters. The van der Waals surface area contributed by atoms with Crippen molar-refractivity contribution in [2.45, 2.75) is 30.3 Å². The van der Waals surface area contributed by atoms with Gasteiger partial charge < -0.3 is 4.90 Å². The van der Waals surface area contributed by atoms with Crippen molar-refractivity contribution in [1.82, 2.24) is 14.6 Å². The molecule has 29 heavy (non-hydrogen) atoms. The normalized spacial score (nSPS) is 16.8. The third kappa shape index (κ3) is 4.39.